The Morgan fingerprint density at radius 2 is 1.88 bits per heavy atom. The van der Waals surface area contributed by atoms with E-state index >= 15 is 0 Å². The molecule has 132 valence electrons. The minimum Gasteiger partial charge on any atom is -0.326 e. The largest absolute Gasteiger partial charge is 0.326 e. The van der Waals surface area contributed by atoms with Gasteiger partial charge in [0, 0.05) is 17.0 Å². The van der Waals surface area contributed by atoms with Gasteiger partial charge in [-0.15, -0.1) is 11.3 Å². The molecule has 1 aromatic carbocycles. The van der Waals surface area contributed by atoms with Crippen LogP contribution in [0.2, 0.25) is 0 Å². The molecule has 0 bridgehead atoms. The first-order valence-corrected chi connectivity index (χ1v) is 9.92. The van der Waals surface area contributed by atoms with Crippen LogP contribution in [0.3, 0.4) is 0 Å². The average Bonchev–Trinajstić information content (AvgIpc) is 3.30. The Hall–Kier alpha value is -2.30. The van der Waals surface area contributed by atoms with Crippen molar-refractivity contribution in [1.82, 2.24) is 4.98 Å². The van der Waals surface area contributed by atoms with E-state index in [0.29, 0.717) is 16.5 Å². The third-order valence-corrected chi connectivity index (χ3v) is 5.27. The summed E-state index contributed by atoms with van der Waals surface area (Å²) in [6.07, 6.45) is 1.88. The van der Waals surface area contributed by atoms with Gasteiger partial charge in [0.1, 0.15) is 0 Å². The van der Waals surface area contributed by atoms with Gasteiger partial charge in [0.2, 0.25) is 21.8 Å². The lowest BCUT2D eigenvalue weighted by Crippen LogP contribution is -2.16. The second-order valence-corrected chi connectivity index (χ2v) is 8.12. The van der Waals surface area contributed by atoms with Crippen LogP contribution in [-0.2, 0) is 26.0 Å². The quantitative estimate of drug-likeness (QED) is 0.695. The summed E-state index contributed by atoms with van der Waals surface area (Å²) >= 11 is 1.27. The molecule has 10 heteroatoms. The number of anilines is 2. The van der Waals surface area contributed by atoms with Gasteiger partial charge < -0.3 is 10.6 Å². The summed E-state index contributed by atoms with van der Waals surface area (Å²) in [5, 5.41) is 12.6. The summed E-state index contributed by atoms with van der Waals surface area (Å²) in [4.78, 5) is 27.9. The number of hydrogen-bond donors (Lipinski definition) is 3. The third-order valence-electron chi connectivity index (χ3n) is 3.54. The molecule has 0 saturated heterocycles. The number of nitrogens with one attached hydrogen (secondary N) is 2. The first-order chi connectivity index (χ1) is 11.8. The molecule has 0 spiro atoms. The maximum Gasteiger partial charge on any atom is 0.238 e. The first-order valence-electron chi connectivity index (χ1n) is 7.49. The number of carbonyl (C=O) groups is 2. The second kappa shape index (κ2) is 6.90. The zero-order valence-electron chi connectivity index (χ0n) is 13.1. The van der Waals surface area contributed by atoms with Crippen molar-refractivity contribution in [3.63, 3.8) is 0 Å². The van der Waals surface area contributed by atoms with Crippen LogP contribution in [0.5, 0.6) is 0 Å². The fourth-order valence-corrected chi connectivity index (χ4v) is 3.32. The van der Waals surface area contributed by atoms with Crippen LogP contribution >= 0.6 is 11.3 Å². The van der Waals surface area contributed by atoms with Crippen LogP contribution in [0.25, 0.3) is 0 Å². The van der Waals surface area contributed by atoms with Crippen molar-refractivity contribution in [1.29, 1.82) is 0 Å². The molecule has 0 radical (unpaired) electrons. The molecule has 3 rings (SSSR count). The highest BCUT2D eigenvalue weighted by atomic mass is 32.2. The molecule has 0 atom stereocenters. The van der Waals surface area contributed by atoms with Gasteiger partial charge in [0.05, 0.1) is 17.0 Å². The van der Waals surface area contributed by atoms with Crippen LogP contribution in [0, 0.1) is 5.92 Å². The van der Waals surface area contributed by atoms with Crippen LogP contribution < -0.4 is 15.8 Å². The highest BCUT2D eigenvalue weighted by Gasteiger charge is 2.30. The molecule has 1 aliphatic carbocycles. The predicted octanol–water partition coefficient (Wildman–Crippen LogP) is 1.32. The lowest BCUT2D eigenvalue weighted by molar-refractivity contribution is -0.117. The molecule has 1 aromatic heterocycles. The predicted molar refractivity (Wildman–Crippen MR) is 93.6 cm³/mol. The summed E-state index contributed by atoms with van der Waals surface area (Å²) in [5.41, 5.74) is 1.00. The molecule has 2 aromatic rings. The van der Waals surface area contributed by atoms with Crippen molar-refractivity contribution in [3.8, 4) is 0 Å². The van der Waals surface area contributed by atoms with Crippen molar-refractivity contribution in [2.45, 2.75) is 24.2 Å². The number of thiazole rings is 1. The molecule has 1 fully saturated rings. The van der Waals surface area contributed by atoms with E-state index in [0.717, 1.165) is 12.8 Å². The summed E-state index contributed by atoms with van der Waals surface area (Å²) in [6.45, 7) is 0. The van der Waals surface area contributed by atoms with Gasteiger partial charge >= 0.3 is 0 Å². The summed E-state index contributed by atoms with van der Waals surface area (Å²) in [7, 11) is -3.76. The van der Waals surface area contributed by atoms with Gasteiger partial charge in [-0.25, -0.2) is 18.5 Å². The SMILES string of the molecule is NS(=O)(=O)c1ccc(NC(=O)Cc2csc(NC(=O)C3CC3)n2)cc1. The summed E-state index contributed by atoms with van der Waals surface area (Å²) in [6, 6.07) is 5.55. The Morgan fingerprint density at radius 3 is 2.48 bits per heavy atom. The van der Waals surface area contributed by atoms with Crippen LogP contribution in [0.4, 0.5) is 10.8 Å². The number of carbonyl (C=O) groups excluding carboxylic acids is 2. The molecule has 0 unspecified atom stereocenters. The summed E-state index contributed by atoms with van der Waals surface area (Å²) in [5.74, 6) is -0.232. The van der Waals surface area contributed by atoms with E-state index in [1.165, 1.54) is 35.6 Å². The topological polar surface area (TPSA) is 131 Å². The number of hydrogen-bond acceptors (Lipinski definition) is 6. The number of primary sulfonamides is 1. The van der Waals surface area contributed by atoms with E-state index in [9.17, 15) is 18.0 Å². The van der Waals surface area contributed by atoms with Crippen molar-refractivity contribution in [2.75, 3.05) is 10.6 Å². The number of sulfonamides is 1. The van der Waals surface area contributed by atoms with Crippen molar-refractivity contribution >= 4 is 44.0 Å². The van der Waals surface area contributed by atoms with E-state index in [4.69, 9.17) is 5.14 Å². The lowest BCUT2D eigenvalue weighted by atomic mass is 10.3. The van der Waals surface area contributed by atoms with Gasteiger partial charge in [-0.1, -0.05) is 0 Å². The van der Waals surface area contributed by atoms with Crippen LogP contribution in [0.1, 0.15) is 18.5 Å². The molecular formula is C15H16N4O4S2. The molecule has 0 aliphatic heterocycles. The Bertz CT molecular complexity index is 902. The third kappa shape index (κ3) is 4.84. The van der Waals surface area contributed by atoms with E-state index in [2.05, 4.69) is 15.6 Å². The van der Waals surface area contributed by atoms with Gasteiger partial charge in [0.15, 0.2) is 5.13 Å². The number of nitrogens with two attached hydrogens (primary N) is 1. The summed E-state index contributed by atoms with van der Waals surface area (Å²) < 4.78 is 22.4. The van der Waals surface area contributed by atoms with Gasteiger partial charge in [-0.05, 0) is 37.1 Å². The Kier molecular flexibility index (Phi) is 4.84. The molecular weight excluding hydrogens is 364 g/mol. The number of rotatable bonds is 6. The number of benzene rings is 1. The van der Waals surface area contributed by atoms with Crippen molar-refractivity contribution in [3.05, 3.63) is 35.3 Å². The van der Waals surface area contributed by atoms with Gasteiger partial charge in [0.25, 0.3) is 0 Å². The maximum atomic E-state index is 12.0. The van der Waals surface area contributed by atoms with E-state index in [1.807, 2.05) is 0 Å². The zero-order chi connectivity index (χ0) is 18.0. The smallest absolute Gasteiger partial charge is 0.238 e. The molecule has 8 nitrogen and oxygen atoms in total. The molecule has 1 heterocycles. The molecule has 1 aliphatic rings. The molecule has 2 amide bonds. The first kappa shape index (κ1) is 17.5. The molecule has 4 N–H and O–H groups in total. The normalized spacial score (nSPS) is 14.1. The minimum absolute atomic E-state index is 0.0268. The highest BCUT2D eigenvalue weighted by Crippen LogP contribution is 2.30. The van der Waals surface area contributed by atoms with Crippen molar-refractivity contribution in [2.24, 2.45) is 11.1 Å². The number of nitrogens with zero attached hydrogens (tertiary/aromatic N) is 1. The highest BCUT2D eigenvalue weighted by molar-refractivity contribution is 7.89. The standard InChI is InChI=1S/C15H16N4O4S2/c16-25(22,23)12-5-3-10(4-6-12)17-13(20)7-11-8-24-15(18-11)19-14(21)9-1-2-9/h3-6,8-9H,1-2,7H2,(H,17,20)(H2,16,22,23)(H,18,19,21). The lowest BCUT2D eigenvalue weighted by Gasteiger charge is -2.05. The van der Waals surface area contributed by atoms with Gasteiger partial charge in [-0.2, -0.15) is 0 Å². The molecule has 25 heavy (non-hydrogen) atoms. The van der Waals surface area contributed by atoms with Crippen LogP contribution in [0.15, 0.2) is 34.5 Å². The number of amides is 2. The maximum absolute atomic E-state index is 12.0. The minimum atomic E-state index is -3.76. The Labute approximate surface area is 148 Å². The van der Waals surface area contributed by atoms with E-state index < -0.39 is 10.0 Å². The fourth-order valence-electron chi connectivity index (χ4n) is 2.10. The van der Waals surface area contributed by atoms with Gasteiger partial charge in [-0.3, -0.25) is 9.59 Å². The van der Waals surface area contributed by atoms with Crippen LogP contribution in [-0.4, -0.2) is 25.2 Å². The monoisotopic (exact) mass is 380 g/mol. The zero-order valence-corrected chi connectivity index (χ0v) is 14.7. The van der Waals surface area contributed by atoms with Crippen molar-refractivity contribution < 1.29 is 18.0 Å². The Balaban J connectivity index is 1.55. The van der Waals surface area contributed by atoms with E-state index in [1.54, 1.807) is 5.38 Å². The number of aromatic nitrogens is 1. The molecule has 1 saturated carbocycles. The fraction of sp³-hybridized carbons (Fsp3) is 0.267. The average molecular weight is 380 g/mol. The second-order valence-electron chi connectivity index (χ2n) is 5.70. The Morgan fingerprint density at radius 1 is 1.20 bits per heavy atom. The van der Waals surface area contributed by atoms with E-state index in [-0.39, 0.29) is 29.0 Å².